The largest absolute Gasteiger partial charge is 0.348 e. The fraction of sp³-hybridized carbons (Fsp3) is 0.208. The number of pyridine rings is 2. The van der Waals surface area contributed by atoms with Gasteiger partial charge in [-0.05, 0) is 56.4 Å². The van der Waals surface area contributed by atoms with Crippen molar-refractivity contribution in [2.75, 3.05) is 19.4 Å². The lowest BCUT2D eigenvalue weighted by Gasteiger charge is -2.14. The smallest absolute Gasteiger partial charge is 0.254 e. The third-order valence-corrected chi connectivity index (χ3v) is 5.60. The first kappa shape index (κ1) is 20.1. The van der Waals surface area contributed by atoms with Gasteiger partial charge in [0.2, 0.25) is 0 Å². The molecule has 0 unspecified atom stereocenters. The van der Waals surface area contributed by atoms with E-state index in [2.05, 4.69) is 20.6 Å². The van der Waals surface area contributed by atoms with Gasteiger partial charge in [0.05, 0.1) is 28.8 Å². The van der Waals surface area contributed by atoms with E-state index in [1.165, 1.54) is 0 Å². The van der Waals surface area contributed by atoms with Crippen molar-refractivity contribution < 1.29 is 9.18 Å². The summed E-state index contributed by atoms with van der Waals surface area (Å²) in [5.74, 6) is 0.183. The molecule has 1 aliphatic heterocycles. The highest BCUT2D eigenvalue weighted by molar-refractivity contribution is 6.06. The Kier molecular flexibility index (Phi) is 4.86. The minimum absolute atomic E-state index is 0.148. The van der Waals surface area contributed by atoms with Crippen LogP contribution in [0.1, 0.15) is 27.2 Å². The molecule has 0 atom stereocenters. The summed E-state index contributed by atoms with van der Waals surface area (Å²) in [5, 5.41) is 6.21. The van der Waals surface area contributed by atoms with Gasteiger partial charge < -0.3 is 15.5 Å². The number of aryl methyl sites for hydroxylation is 1. The number of aromatic nitrogens is 3. The van der Waals surface area contributed by atoms with Gasteiger partial charge in [0.1, 0.15) is 5.82 Å². The standard InChI is InChI=1S/C24H23FN6O/c1-14-9-10-31-19(12-26-23(31)22(14)25)16-7-8-18(21-17(16)11-27-24(21)32)29-20-6-4-5-15(28-20)13-30(2)3/h4-10,12H,11,13H2,1-3H3,(H,27,32)(H,28,29). The number of carbonyl (C=O) groups excluding carboxylic acids is 1. The summed E-state index contributed by atoms with van der Waals surface area (Å²) in [4.78, 5) is 23.7. The van der Waals surface area contributed by atoms with Gasteiger partial charge in [-0.3, -0.25) is 9.20 Å². The number of rotatable bonds is 5. The molecule has 1 aliphatic rings. The van der Waals surface area contributed by atoms with E-state index in [0.717, 1.165) is 29.1 Å². The Morgan fingerprint density at radius 1 is 1.22 bits per heavy atom. The molecule has 1 amide bonds. The number of hydrogen-bond donors (Lipinski definition) is 2. The first-order valence-corrected chi connectivity index (χ1v) is 10.4. The summed E-state index contributed by atoms with van der Waals surface area (Å²) in [6.07, 6.45) is 3.45. The Morgan fingerprint density at radius 2 is 2.06 bits per heavy atom. The van der Waals surface area contributed by atoms with Crippen molar-refractivity contribution in [3.8, 4) is 11.3 Å². The van der Waals surface area contributed by atoms with Gasteiger partial charge in [-0.25, -0.2) is 14.4 Å². The Labute approximate surface area is 184 Å². The van der Waals surface area contributed by atoms with Crippen molar-refractivity contribution in [3.05, 3.63) is 77.0 Å². The van der Waals surface area contributed by atoms with Crippen molar-refractivity contribution in [3.63, 3.8) is 0 Å². The Morgan fingerprint density at radius 3 is 2.88 bits per heavy atom. The quantitative estimate of drug-likeness (QED) is 0.503. The molecule has 7 nitrogen and oxygen atoms in total. The molecule has 32 heavy (non-hydrogen) atoms. The van der Waals surface area contributed by atoms with Crippen LogP contribution in [0, 0.1) is 12.7 Å². The van der Waals surface area contributed by atoms with Crippen molar-refractivity contribution in [1.29, 1.82) is 0 Å². The maximum Gasteiger partial charge on any atom is 0.254 e. The molecule has 5 rings (SSSR count). The van der Waals surface area contributed by atoms with E-state index < -0.39 is 0 Å². The zero-order valence-corrected chi connectivity index (χ0v) is 18.1. The van der Waals surface area contributed by atoms with E-state index in [-0.39, 0.29) is 17.4 Å². The molecule has 4 heterocycles. The number of nitrogens with one attached hydrogen (secondary N) is 2. The summed E-state index contributed by atoms with van der Waals surface area (Å²) >= 11 is 0. The van der Waals surface area contributed by atoms with Crippen LogP contribution in [0.5, 0.6) is 0 Å². The average Bonchev–Trinajstić information content (AvgIpc) is 3.36. The Hall–Kier alpha value is -3.78. The van der Waals surface area contributed by atoms with Crippen molar-refractivity contribution in [1.82, 2.24) is 24.6 Å². The number of benzene rings is 1. The first-order valence-electron chi connectivity index (χ1n) is 10.4. The van der Waals surface area contributed by atoms with E-state index >= 15 is 0 Å². The molecule has 162 valence electrons. The third-order valence-electron chi connectivity index (χ3n) is 5.60. The Bertz CT molecular complexity index is 1360. The molecule has 0 saturated carbocycles. The van der Waals surface area contributed by atoms with Gasteiger partial charge >= 0.3 is 0 Å². The maximum atomic E-state index is 14.5. The lowest BCUT2D eigenvalue weighted by atomic mass is 9.99. The molecule has 2 N–H and O–H groups in total. The van der Waals surface area contributed by atoms with Crippen LogP contribution in [-0.4, -0.2) is 39.3 Å². The number of hydrogen-bond acceptors (Lipinski definition) is 5. The van der Waals surface area contributed by atoms with Crippen LogP contribution >= 0.6 is 0 Å². The molecule has 0 fully saturated rings. The predicted octanol–water partition coefficient (Wildman–Crippen LogP) is 3.89. The molecule has 8 heteroatoms. The van der Waals surface area contributed by atoms with Gasteiger partial charge in [-0.2, -0.15) is 0 Å². The van der Waals surface area contributed by atoms with E-state index in [1.807, 2.05) is 49.3 Å². The summed E-state index contributed by atoms with van der Waals surface area (Å²) in [7, 11) is 3.98. The number of halogens is 1. The minimum Gasteiger partial charge on any atom is -0.348 e. The van der Waals surface area contributed by atoms with Gasteiger partial charge in [0, 0.05) is 24.8 Å². The van der Waals surface area contributed by atoms with Gasteiger partial charge in [0.25, 0.3) is 5.91 Å². The number of imidazole rings is 1. The highest BCUT2D eigenvalue weighted by atomic mass is 19.1. The van der Waals surface area contributed by atoms with Gasteiger partial charge in [-0.1, -0.05) is 12.1 Å². The number of anilines is 2. The van der Waals surface area contributed by atoms with Crippen LogP contribution in [0.25, 0.3) is 16.9 Å². The molecular weight excluding hydrogens is 407 g/mol. The molecule has 0 radical (unpaired) electrons. The third kappa shape index (κ3) is 3.38. The number of carbonyl (C=O) groups is 1. The SMILES string of the molecule is Cc1ccn2c(-c3ccc(Nc4cccc(CN(C)C)n4)c4c3CNC4=O)cnc2c1F. The lowest BCUT2D eigenvalue weighted by molar-refractivity contribution is 0.0966. The van der Waals surface area contributed by atoms with E-state index in [9.17, 15) is 9.18 Å². The predicted molar refractivity (Wildman–Crippen MR) is 121 cm³/mol. The van der Waals surface area contributed by atoms with Crippen LogP contribution in [0.15, 0.2) is 48.8 Å². The van der Waals surface area contributed by atoms with Crippen LogP contribution in [0.2, 0.25) is 0 Å². The van der Waals surface area contributed by atoms with Crippen LogP contribution in [-0.2, 0) is 13.1 Å². The molecule has 3 aromatic heterocycles. The molecule has 0 saturated heterocycles. The second-order valence-corrected chi connectivity index (χ2v) is 8.22. The summed E-state index contributed by atoms with van der Waals surface area (Å²) in [5.41, 5.74) is 5.44. The van der Waals surface area contributed by atoms with Crippen LogP contribution in [0.4, 0.5) is 15.9 Å². The summed E-state index contributed by atoms with van der Waals surface area (Å²) in [6.45, 7) is 2.83. The molecular formula is C24H23FN6O. The zero-order chi connectivity index (χ0) is 22.4. The second-order valence-electron chi connectivity index (χ2n) is 8.22. The lowest BCUT2D eigenvalue weighted by Crippen LogP contribution is -2.14. The fourth-order valence-corrected chi connectivity index (χ4v) is 4.10. The second kappa shape index (κ2) is 7.72. The number of fused-ring (bicyclic) bond motifs is 2. The van der Waals surface area contributed by atoms with Crippen molar-refractivity contribution in [2.45, 2.75) is 20.0 Å². The first-order chi connectivity index (χ1) is 15.4. The normalized spacial score (nSPS) is 13.0. The summed E-state index contributed by atoms with van der Waals surface area (Å²) in [6, 6.07) is 11.3. The van der Waals surface area contributed by atoms with E-state index in [4.69, 9.17) is 0 Å². The number of nitrogens with zero attached hydrogens (tertiary/aromatic N) is 4. The van der Waals surface area contributed by atoms with Gasteiger partial charge in [-0.15, -0.1) is 0 Å². The molecule has 1 aromatic carbocycles. The topological polar surface area (TPSA) is 74.6 Å². The molecule has 4 aromatic rings. The molecule has 0 aliphatic carbocycles. The Balaban J connectivity index is 1.57. The van der Waals surface area contributed by atoms with Gasteiger partial charge in [0.15, 0.2) is 11.5 Å². The van der Waals surface area contributed by atoms with Crippen LogP contribution < -0.4 is 10.6 Å². The highest BCUT2D eigenvalue weighted by Gasteiger charge is 2.27. The van der Waals surface area contributed by atoms with E-state index in [1.54, 1.807) is 29.8 Å². The fourth-order valence-electron chi connectivity index (χ4n) is 4.10. The molecule has 0 spiro atoms. The monoisotopic (exact) mass is 430 g/mol. The average molecular weight is 430 g/mol. The van der Waals surface area contributed by atoms with Crippen molar-refractivity contribution >= 4 is 23.1 Å². The van der Waals surface area contributed by atoms with Crippen molar-refractivity contribution in [2.24, 2.45) is 0 Å². The van der Waals surface area contributed by atoms with E-state index in [0.29, 0.717) is 29.2 Å². The summed E-state index contributed by atoms with van der Waals surface area (Å²) < 4.78 is 16.2. The number of amides is 1. The molecule has 0 bridgehead atoms. The van der Waals surface area contributed by atoms with Crippen LogP contribution in [0.3, 0.4) is 0 Å². The highest BCUT2D eigenvalue weighted by Crippen LogP contribution is 2.35. The minimum atomic E-state index is -0.341. The zero-order valence-electron chi connectivity index (χ0n) is 18.1. The maximum absolute atomic E-state index is 14.5.